The molecule has 2 rings (SSSR count). The van der Waals surface area contributed by atoms with E-state index in [0.717, 1.165) is 31.6 Å². The predicted octanol–water partition coefficient (Wildman–Crippen LogP) is 3.50. The Labute approximate surface area is 203 Å². The van der Waals surface area contributed by atoms with Gasteiger partial charge in [-0.3, -0.25) is 4.79 Å². The number of benzene rings is 2. The zero-order chi connectivity index (χ0) is 21.8. The van der Waals surface area contributed by atoms with Gasteiger partial charge < -0.3 is 20.3 Å². The minimum absolute atomic E-state index is 0. The van der Waals surface area contributed by atoms with Gasteiger partial charge in [0.2, 0.25) is 5.91 Å². The highest BCUT2D eigenvalue weighted by atomic mass is 127. The van der Waals surface area contributed by atoms with Gasteiger partial charge in [0.15, 0.2) is 5.96 Å². The van der Waals surface area contributed by atoms with Gasteiger partial charge in [-0.1, -0.05) is 42.5 Å². The van der Waals surface area contributed by atoms with E-state index < -0.39 is 0 Å². The number of aryl methyl sites for hydroxylation is 1. The van der Waals surface area contributed by atoms with Crippen LogP contribution in [0.25, 0.3) is 0 Å². The third kappa shape index (κ3) is 10.5. The van der Waals surface area contributed by atoms with E-state index in [1.807, 2.05) is 18.2 Å². The molecule has 2 aromatic carbocycles. The summed E-state index contributed by atoms with van der Waals surface area (Å²) in [4.78, 5) is 18.0. The molecule has 0 bridgehead atoms. The van der Waals surface area contributed by atoms with Crippen molar-refractivity contribution >= 4 is 35.8 Å². The number of carbonyl (C=O) groups is 1. The zero-order valence-electron chi connectivity index (χ0n) is 18.9. The van der Waals surface area contributed by atoms with E-state index >= 15 is 0 Å². The molecule has 0 saturated carbocycles. The van der Waals surface area contributed by atoms with Crippen molar-refractivity contribution in [3.05, 3.63) is 65.7 Å². The van der Waals surface area contributed by atoms with Gasteiger partial charge in [0.25, 0.3) is 0 Å². The first-order valence-corrected chi connectivity index (χ1v) is 10.4. The molecule has 0 spiro atoms. The van der Waals surface area contributed by atoms with E-state index in [-0.39, 0.29) is 42.5 Å². The van der Waals surface area contributed by atoms with Crippen LogP contribution in [0.15, 0.2) is 59.6 Å². The van der Waals surface area contributed by atoms with Crippen molar-refractivity contribution in [2.45, 2.75) is 32.2 Å². The molecular weight excluding hydrogens is 503 g/mol. The van der Waals surface area contributed by atoms with Crippen molar-refractivity contribution in [2.24, 2.45) is 4.99 Å². The van der Waals surface area contributed by atoms with Crippen LogP contribution in [-0.4, -0.2) is 57.1 Å². The van der Waals surface area contributed by atoms with Crippen molar-refractivity contribution in [2.75, 3.05) is 34.3 Å². The molecule has 0 aliphatic carbocycles. The molecule has 1 atom stereocenters. The topological polar surface area (TPSA) is 66.0 Å². The smallest absolute Gasteiger partial charge is 0.243 e. The van der Waals surface area contributed by atoms with E-state index in [2.05, 4.69) is 58.9 Å². The average molecular weight is 538 g/mol. The first kappa shape index (κ1) is 26.7. The Kier molecular flexibility index (Phi) is 12.7. The Morgan fingerprint density at radius 3 is 2.29 bits per heavy atom. The van der Waals surface area contributed by atoms with Crippen LogP contribution in [0.1, 0.15) is 24.5 Å². The van der Waals surface area contributed by atoms with Crippen LogP contribution in [0.5, 0.6) is 5.75 Å². The lowest BCUT2D eigenvalue weighted by atomic mass is 10.1. The number of halogens is 1. The molecule has 31 heavy (non-hydrogen) atoms. The fraction of sp³-hybridized carbons (Fsp3) is 0.417. The van der Waals surface area contributed by atoms with Gasteiger partial charge in [0, 0.05) is 26.7 Å². The number of carbonyl (C=O) groups excluding carboxylic acids is 1. The Morgan fingerprint density at radius 2 is 1.68 bits per heavy atom. The van der Waals surface area contributed by atoms with Crippen molar-refractivity contribution in [1.29, 1.82) is 0 Å². The lowest BCUT2D eigenvalue weighted by Crippen LogP contribution is -2.43. The molecule has 2 N–H and O–H groups in total. The second-order valence-corrected chi connectivity index (χ2v) is 7.55. The maximum absolute atomic E-state index is 12.0. The summed E-state index contributed by atoms with van der Waals surface area (Å²) in [6.07, 6.45) is 2.82. The molecule has 1 unspecified atom stereocenters. The number of hydrogen-bond donors (Lipinski definition) is 2. The van der Waals surface area contributed by atoms with Gasteiger partial charge in [-0.25, -0.2) is 4.99 Å². The van der Waals surface area contributed by atoms with Crippen LogP contribution in [0.2, 0.25) is 0 Å². The lowest BCUT2D eigenvalue weighted by molar-refractivity contribution is -0.127. The number of amides is 1. The van der Waals surface area contributed by atoms with Crippen LogP contribution < -0.4 is 15.4 Å². The van der Waals surface area contributed by atoms with Gasteiger partial charge in [-0.15, -0.1) is 24.0 Å². The normalized spacial score (nSPS) is 11.8. The maximum Gasteiger partial charge on any atom is 0.243 e. The SMILES string of the molecule is COc1ccc(CCNC(=NCC(=O)N(C)C)NC(C)CCc2ccccc2)cc1.I. The van der Waals surface area contributed by atoms with E-state index in [0.29, 0.717) is 5.96 Å². The van der Waals surface area contributed by atoms with Gasteiger partial charge in [0.05, 0.1) is 7.11 Å². The molecule has 7 heteroatoms. The molecule has 170 valence electrons. The summed E-state index contributed by atoms with van der Waals surface area (Å²) in [5, 5.41) is 6.79. The predicted molar refractivity (Wildman–Crippen MR) is 138 cm³/mol. The molecule has 0 fully saturated rings. The zero-order valence-corrected chi connectivity index (χ0v) is 21.3. The molecule has 1 amide bonds. The molecule has 0 radical (unpaired) electrons. The lowest BCUT2D eigenvalue weighted by Gasteiger charge is -2.19. The Bertz CT molecular complexity index is 795. The highest BCUT2D eigenvalue weighted by molar-refractivity contribution is 14.0. The van der Waals surface area contributed by atoms with Gasteiger partial charge in [0.1, 0.15) is 12.3 Å². The van der Waals surface area contributed by atoms with E-state index in [4.69, 9.17) is 4.74 Å². The first-order chi connectivity index (χ1) is 14.5. The maximum atomic E-state index is 12.0. The summed E-state index contributed by atoms with van der Waals surface area (Å²) < 4.78 is 5.20. The summed E-state index contributed by atoms with van der Waals surface area (Å²) >= 11 is 0. The summed E-state index contributed by atoms with van der Waals surface area (Å²) in [5.41, 5.74) is 2.53. The summed E-state index contributed by atoms with van der Waals surface area (Å²) in [5.74, 6) is 1.49. The highest BCUT2D eigenvalue weighted by Crippen LogP contribution is 2.11. The van der Waals surface area contributed by atoms with Crippen molar-refractivity contribution in [3.8, 4) is 5.75 Å². The van der Waals surface area contributed by atoms with Gasteiger partial charge in [-0.05, 0) is 49.4 Å². The van der Waals surface area contributed by atoms with Crippen molar-refractivity contribution in [1.82, 2.24) is 15.5 Å². The minimum Gasteiger partial charge on any atom is -0.497 e. The number of likely N-dealkylation sites (N-methyl/N-ethyl adjacent to an activating group) is 1. The first-order valence-electron chi connectivity index (χ1n) is 10.4. The third-order valence-electron chi connectivity index (χ3n) is 4.83. The number of nitrogens with zero attached hydrogens (tertiary/aromatic N) is 2. The van der Waals surface area contributed by atoms with Crippen LogP contribution >= 0.6 is 24.0 Å². The Morgan fingerprint density at radius 1 is 1.03 bits per heavy atom. The fourth-order valence-electron chi connectivity index (χ4n) is 2.89. The molecule has 0 aromatic heterocycles. The Balaban J connectivity index is 0.00000480. The van der Waals surface area contributed by atoms with Crippen LogP contribution in [0.4, 0.5) is 0 Å². The van der Waals surface area contributed by atoms with Crippen molar-refractivity contribution in [3.63, 3.8) is 0 Å². The van der Waals surface area contributed by atoms with E-state index in [1.165, 1.54) is 11.1 Å². The van der Waals surface area contributed by atoms with Crippen LogP contribution in [-0.2, 0) is 17.6 Å². The molecule has 0 heterocycles. The number of methoxy groups -OCH3 is 1. The number of rotatable bonds is 10. The molecule has 2 aromatic rings. The molecule has 0 aliphatic rings. The van der Waals surface area contributed by atoms with Gasteiger partial charge in [-0.2, -0.15) is 0 Å². The Hall–Kier alpha value is -2.29. The molecule has 0 aliphatic heterocycles. The average Bonchev–Trinajstić information content (AvgIpc) is 2.76. The highest BCUT2D eigenvalue weighted by Gasteiger charge is 2.08. The molecule has 6 nitrogen and oxygen atoms in total. The summed E-state index contributed by atoms with van der Waals surface area (Å²) in [6.45, 7) is 2.98. The minimum atomic E-state index is -0.0248. The van der Waals surface area contributed by atoms with E-state index in [1.54, 1.807) is 26.1 Å². The van der Waals surface area contributed by atoms with Gasteiger partial charge >= 0.3 is 0 Å². The van der Waals surface area contributed by atoms with Crippen molar-refractivity contribution < 1.29 is 9.53 Å². The monoisotopic (exact) mass is 538 g/mol. The number of guanidine groups is 1. The largest absolute Gasteiger partial charge is 0.497 e. The van der Waals surface area contributed by atoms with E-state index in [9.17, 15) is 4.79 Å². The number of hydrogen-bond acceptors (Lipinski definition) is 3. The summed E-state index contributed by atoms with van der Waals surface area (Å²) in [7, 11) is 5.15. The molecular formula is C24H35IN4O2. The van der Waals surface area contributed by atoms with Crippen LogP contribution in [0.3, 0.4) is 0 Å². The standard InChI is InChI=1S/C24H34N4O2.HI/c1-19(10-11-20-8-6-5-7-9-20)27-24(26-18-23(29)28(2)3)25-17-16-21-12-14-22(30-4)15-13-21;/h5-9,12-15,19H,10-11,16-18H2,1-4H3,(H2,25,26,27);1H. The second kappa shape index (κ2) is 14.7. The second-order valence-electron chi connectivity index (χ2n) is 7.55. The summed E-state index contributed by atoms with van der Waals surface area (Å²) in [6, 6.07) is 18.7. The fourth-order valence-corrected chi connectivity index (χ4v) is 2.89. The number of nitrogens with one attached hydrogen (secondary N) is 2. The number of ether oxygens (including phenoxy) is 1. The molecule has 0 saturated heterocycles. The van der Waals surface area contributed by atoms with Crippen LogP contribution in [0, 0.1) is 0 Å². The number of aliphatic imine (C=N–C) groups is 1. The quantitative estimate of drug-likeness (QED) is 0.276. The third-order valence-corrected chi connectivity index (χ3v) is 4.83.